The van der Waals surface area contributed by atoms with E-state index in [0.717, 1.165) is 6.42 Å². The number of fused-ring (bicyclic) bond motifs is 1. The summed E-state index contributed by atoms with van der Waals surface area (Å²) in [6, 6.07) is 4.64. The molecule has 0 amide bonds. The Morgan fingerprint density at radius 3 is 2.72 bits per heavy atom. The zero-order chi connectivity index (χ0) is 12.5. The SMILES string of the molecule is Nc1cc(-c2ccc(F)c3c2OCCCO3)[nH]n1. The van der Waals surface area contributed by atoms with Gasteiger partial charge in [0.05, 0.1) is 18.9 Å². The minimum Gasteiger partial charge on any atom is -0.489 e. The number of nitrogens with one attached hydrogen (secondary N) is 1. The van der Waals surface area contributed by atoms with Gasteiger partial charge in [-0.2, -0.15) is 5.10 Å². The van der Waals surface area contributed by atoms with Crippen molar-refractivity contribution in [2.24, 2.45) is 0 Å². The number of rotatable bonds is 1. The average molecular weight is 249 g/mol. The highest BCUT2D eigenvalue weighted by molar-refractivity contribution is 5.72. The molecule has 2 heterocycles. The summed E-state index contributed by atoms with van der Waals surface area (Å²) in [5, 5.41) is 6.63. The van der Waals surface area contributed by atoms with Gasteiger partial charge in [-0.15, -0.1) is 0 Å². The number of aromatic amines is 1. The molecular formula is C12H12FN3O2. The van der Waals surface area contributed by atoms with Crippen molar-refractivity contribution in [1.29, 1.82) is 0 Å². The normalized spacial score (nSPS) is 14.3. The summed E-state index contributed by atoms with van der Waals surface area (Å²) in [6.07, 6.45) is 0.721. The Kier molecular flexibility index (Phi) is 2.55. The van der Waals surface area contributed by atoms with Crippen molar-refractivity contribution in [1.82, 2.24) is 10.2 Å². The first kappa shape index (κ1) is 10.9. The van der Waals surface area contributed by atoms with E-state index in [1.807, 2.05) is 0 Å². The van der Waals surface area contributed by atoms with Crippen LogP contribution in [0.3, 0.4) is 0 Å². The van der Waals surface area contributed by atoms with E-state index in [0.29, 0.717) is 36.0 Å². The van der Waals surface area contributed by atoms with Crippen molar-refractivity contribution < 1.29 is 13.9 Å². The number of nitrogens with two attached hydrogens (primary N) is 1. The highest BCUT2D eigenvalue weighted by atomic mass is 19.1. The Morgan fingerprint density at radius 2 is 2.00 bits per heavy atom. The number of benzene rings is 1. The van der Waals surface area contributed by atoms with Gasteiger partial charge in [0.1, 0.15) is 5.82 Å². The highest BCUT2D eigenvalue weighted by Crippen LogP contribution is 2.40. The number of hydrogen-bond donors (Lipinski definition) is 2. The molecule has 5 nitrogen and oxygen atoms in total. The van der Waals surface area contributed by atoms with Crippen LogP contribution in [0.25, 0.3) is 11.3 Å². The van der Waals surface area contributed by atoms with E-state index < -0.39 is 5.82 Å². The van der Waals surface area contributed by atoms with Crippen LogP contribution < -0.4 is 15.2 Å². The molecule has 6 heteroatoms. The van der Waals surface area contributed by atoms with E-state index in [9.17, 15) is 4.39 Å². The summed E-state index contributed by atoms with van der Waals surface area (Å²) in [5.41, 5.74) is 6.93. The molecule has 94 valence electrons. The first-order chi connectivity index (χ1) is 8.75. The molecule has 1 aromatic heterocycles. The van der Waals surface area contributed by atoms with Crippen molar-refractivity contribution in [3.05, 3.63) is 24.0 Å². The molecule has 0 spiro atoms. The second-order valence-electron chi connectivity index (χ2n) is 4.01. The lowest BCUT2D eigenvalue weighted by atomic mass is 10.1. The van der Waals surface area contributed by atoms with Crippen LogP contribution in [0.5, 0.6) is 11.5 Å². The van der Waals surface area contributed by atoms with Gasteiger partial charge in [-0.1, -0.05) is 0 Å². The quantitative estimate of drug-likeness (QED) is 0.810. The average Bonchev–Trinajstić information content (AvgIpc) is 2.64. The molecule has 18 heavy (non-hydrogen) atoms. The van der Waals surface area contributed by atoms with Gasteiger partial charge in [0.15, 0.2) is 17.3 Å². The zero-order valence-electron chi connectivity index (χ0n) is 9.57. The van der Waals surface area contributed by atoms with Crippen molar-refractivity contribution in [2.75, 3.05) is 18.9 Å². The van der Waals surface area contributed by atoms with E-state index in [4.69, 9.17) is 15.2 Å². The first-order valence-corrected chi connectivity index (χ1v) is 5.65. The summed E-state index contributed by atoms with van der Waals surface area (Å²) < 4.78 is 24.7. The van der Waals surface area contributed by atoms with Gasteiger partial charge in [-0.05, 0) is 12.1 Å². The smallest absolute Gasteiger partial charge is 0.197 e. The standard InChI is InChI=1S/C12H12FN3O2/c13-8-3-2-7(9-6-10(14)16-15-9)11-12(8)18-5-1-4-17-11/h2-3,6H,1,4-5H2,(H3,14,15,16). The summed E-state index contributed by atoms with van der Waals surface area (Å²) in [7, 11) is 0. The minimum absolute atomic E-state index is 0.151. The van der Waals surface area contributed by atoms with E-state index in [1.54, 1.807) is 12.1 Å². The van der Waals surface area contributed by atoms with E-state index in [2.05, 4.69) is 10.2 Å². The molecule has 0 radical (unpaired) electrons. The number of halogens is 1. The van der Waals surface area contributed by atoms with Gasteiger partial charge >= 0.3 is 0 Å². The van der Waals surface area contributed by atoms with Gasteiger partial charge in [-0.3, -0.25) is 5.10 Å². The molecule has 2 aromatic rings. The number of ether oxygens (including phenoxy) is 2. The molecule has 1 aliphatic heterocycles. The molecule has 1 aliphatic rings. The predicted molar refractivity (Wildman–Crippen MR) is 64.0 cm³/mol. The molecule has 0 unspecified atom stereocenters. The lowest BCUT2D eigenvalue weighted by molar-refractivity contribution is 0.292. The second-order valence-corrected chi connectivity index (χ2v) is 4.01. The fourth-order valence-electron chi connectivity index (χ4n) is 1.91. The third-order valence-electron chi connectivity index (χ3n) is 2.73. The lowest BCUT2D eigenvalue weighted by Gasteiger charge is -2.11. The number of anilines is 1. The number of nitrogens with zero attached hydrogens (tertiary/aromatic N) is 1. The maximum absolute atomic E-state index is 13.7. The molecule has 0 atom stereocenters. The van der Waals surface area contributed by atoms with Gasteiger partial charge in [0.2, 0.25) is 0 Å². The molecule has 3 rings (SSSR count). The van der Waals surface area contributed by atoms with Crippen LogP contribution in [0.1, 0.15) is 6.42 Å². The number of nitrogen functional groups attached to an aromatic ring is 1. The van der Waals surface area contributed by atoms with E-state index in [-0.39, 0.29) is 5.75 Å². The van der Waals surface area contributed by atoms with Crippen LogP contribution in [-0.2, 0) is 0 Å². The van der Waals surface area contributed by atoms with Crippen molar-refractivity contribution in [3.8, 4) is 22.8 Å². The topological polar surface area (TPSA) is 73.2 Å². The highest BCUT2D eigenvalue weighted by Gasteiger charge is 2.21. The number of H-pyrrole nitrogens is 1. The van der Waals surface area contributed by atoms with Crippen LogP contribution in [0.4, 0.5) is 10.2 Å². The van der Waals surface area contributed by atoms with Crippen molar-refractivity contribution in [3.63, 3.8) is 0 Å². The van der Waals surface area contributed by atoms with Crippen molar-refractivity contribution in [2.45, 2.75) is 6.42 Å². The molecular weight excluding hydrogens is 237 g/mol. The van der Waals surface area contributed by atoms with Gasteiger partial charge in [0, 0.05) is 18.1 Å². The zero-order valence-corrected chi connectivity index (χ0v) is 9.57. The first-order valence-electron chi connectivity index (χ1n) is 5.65. The maximum Gasteiger partial charge on any atom is 0.197 e. The minimum atomic E-state index is -0.428. The molecule has 0 fully saturated rings. The van der Waals surface area contributed by atoms with Gasteiger partial charge < -0.3 is 15.2 Å². The van der Waals surface area contributed by atoms with Crippen LogP contribution in [0, 0.1) is 5.82 Å². The van der Waals surface area contributed by atoms with Crippen LogP contribution in [0.15, 0.2) is 18.2 Å². The number of hydrogen-bond acceptors (Lipinski definition) is 4. The van der Waals surface area contributed by atoms with Gasteiger partial charge in [-0.25, -0.2) is 4.39 Å². The Balaban J connectivity index is 2.15. The molecule has 0 aliphatic carbocycles. The van der Waals surface area contributed by atoms with Crippen LogP contribution in [-0.4, -0.2) is 23.4 Å². The lowest BCUT2D eigenvalue weighted by Crippen LogP contribution is -1.98. The van der Waals surface area contributed by atoms with Crippen LogP contribution in [0.2, 0.25) is 0 Å². The third kappa shape index (κ3) is 1.75. The van der Waals surface area contributed by atoms with Crippen LogP contribution >= 0.6 is 0 Å². The Morgan fingerprint density at radius 1 is 1.22 bits per heavy atom. The fraction of sp³-hybridized carbons (Fsp3) is 0.250. The molecule has 0 bridgehead atoms. The Bertz CT molecular complexity index is 583. The predicted octanol–water partition coefficient (Wildman–Crippen LogP) is 1.96. The summed E-state index contributed by atoms with van der Waals surface area (Å²) in [4.78, 5) is 0. The Labute approximate surface area is 103 Å². The molecule has 3 N–H and O–H groups in total. The van der Waals surface area contributed by atoms with Crippen molar-refractivity contribution >= 4 is 5.82 Å². The second kappa shape index (κ2) is 4.21. The maximum atomic E-state index is 13.7. The monoisotopic (exact) mass is 249 g/mol. The molecule has 0 saturated carbocycles. The van der Waals surface area contributed by atoms with Gasteiger partial charge in [0.25, 0.3) is 0 Å². The molecule has 1 aromatic carbocycles. The van der Waals surface area contributed by atoms with E-state index >= 15 is 0 Å². The number of aromatic nitrogens is 2. The largest absolute Gasteiger partial charge is 0.489 e. The summed E-state index contributed by atoms with van der Waals surface area (Å²) >= 11 is 0. The summed E-state index contributed by atoms with van der Waals surface area (Å²) in [6.45, 7) is 0.936. The van der Waals surface area contributed by atoms with E-state index in [1.165, 1.54) is 6.07 Å². The molecule has 0 saturated heterocycles. The summed E-state index contributed by atoms with van der Waals surface area (Å²) in [5.74, 6) is 0.495. The Hall–Kier alpha value is -2.24. The fourth-order valence-corrected chi connectivity index (χ4v) is 1.91. The third-order valence-corrected chi connectivity index (χ3v) is 2.73.